The van der Waals surface area contributed by atoms with Crippen LogP contribution in [0.15, 0.2) is 30.3 Å². The molecule has 0 radical (unpaired) electrons. The van der Waals surface area contributed by atoms with Gasteiger partial charge in [0.2, 0.25) is 11.8 Å². The molecule has 1 heterocycles. The summed E-state index contributed by atoms with van der Waals surface area (Å²) in [5, 5.41) is 2.81. The number of carbonyl (C=O) groups is 3. The minimum atomic E-state index is -0.658. The van der Waals surface area contributed by atoms with Crippen molar-refractivity contribution in [3.8, 4) is 0 Å². The molecule has 1 saturated heterocycles. The van der Waals surface area contributed by atoms with E-state index in [9.17, 15) is 14.4 Å². The highest BCUT2D eigenvalue weighted by Crippen LogP contribution is 2.28. The fourth-order valence-corrected chi connectivity index (χ4v) is 3.39. The number of likely N-dealkylation sites (tertiary alicyclic amines) is 1. The van der Waals surface area contributed by atoms with Crippen molar-refractivity contribution < 1.29 is 19.1 Å². The molecule has 1 saturated carbocycles. The summed E-state index contributed by atoms with van der Waals surface area (Å²) in [6.07, 6.45) is 4.21. The number of nitrogens with one attached hydrogen (secondary N) is 1. The molecule has 2 aliphatic rings. The Morgan fingerprint density at radius 2 is 1.76 bits per heavy atom. The fraction of sp³-hybridized carbons (Fsp3) is 0.526. The van der Waals surface area contributed by atoms with Gasteiger partial charge in [-0.3, -0.25) is 19.3 Å². The van der Waals surface area contributed by atoms with Crippen LogP contribution in [-0.2, 0) is 19.1 Å². The molecule has 134 valence electrons. The smallest absolute Gasteiger partial charge is 0.253 e. The maximum absolute atomic E-state index is 12.6. The number of amides is 3. The summed E-state index contributed by atoms with van der Waals surface area (Å²) in [7, 11) is 0. The molecular weight excluding hydrogens is 320 g/mol. The SMILES string of the molecule is O=C(NCCN1C(=O)CCC1=O)C(OC1CCCC1)c1ccccc1. The molecule has 3 amide bonds. The van der Waals surface area contributed by atoms with E-state index in [-0.39, 0.29) is 49.8 Å². The van der Waals surface area contributed by atoms with Crippen molar-refractivity contribution in [1.29, 1.82) is 0 Å². The van der Waals surface area contributed by atoms with Gasteiger partial charge in [0, 0.05) is 25.9 Å². The first-order valence-corrected chi connectivity index (χ1v) is 8.96. The Hall–Kier alpha value is -2.21. The van der Waals surface area contributed by atoms with Gasteiger partial charge >= 0.3 is 0 Å². The minimum absolute atomic E-state index is 0.109. The molecule has 1 aliphatic carbocycles. The average molecular weight is 344 g/mol. The van der Waals surface area contributed by atoms with Crippen LogP contribution in [0, 0.1) is 0 Å². The number of nitrogens with zero attached hydrogens (tertiary/aromatic N) is 1. The number of hydrogen-bond donors (Lipinski definition) is 1. The highest BCUT2D eigenvalue weighted by atomic mass is 16.5. The van der Waals surface area contributed by atoms with E-state index in [0.29, 0.717) is 0 Å². The van der Waals surface area contributed by atoms with E-state index in [0.717, 1.165) is 31.2 Å². The number of rotatable bonds is 7. The second kappa shape index (κ2) is 8.25. The van der Waals surface area contributed by atoms with Crippen LogP contribution in [0.2, 0.25) is 0 Å². The van der Waals surface area contributed by atoms with Crippen molar-refractivity contribution in [1.82, 2.24) is 10.2 Å². The molecule has 25 heavy (non-hydrogen) atoms. The number of benzene rings is 1. The van der Waals surface area contributed by atoms with Crippen LogP contribution in [0.5, 0.6) is 0 Å². The van der Waals surface area contributed by atoms with Crippen molar-refractivity contribution in [3.63, 3.8) is 0 Å². The summed E-state index contributed by atoms with van der Waals surface area (Å²) in [6, 6.07) is 9.43. The standard InChI is InChI=1S/C19H24N2O4/c22-16-10-11-17(23)21(16)13-12-20-19(24)18(14-6-2-1-3-7-14)25-15-8-4-5-9-15/h1-3,6-7,15,18H,4-5,8-13H2,(H,20,24). The van der Waals surface area contributed by atoms with Gasteiger partial charge in [0.1, 0.15) is 0 Å². The number of carbonyl (C=O) groups excluding carboxylic acids is 3. The van der Waals surface area contributed by atoms with Gasteiger partial charge in [0.25, 0.3) is 5.91 Å². The number of hydrogen-bond acceptors (Lipinski definition) is 4. The van der Waals surface area contributed by atoms with Gasteiger partial charge in [-0.2, -0.15) is 0 Å². The summed E-state index contributed by atoms with van der Waals surface area (Å²) >= 11 is 0. The Morgan fingerprint density at radius 1 is 1.12 bits per heavy atom. The lowest BCUT2D eigenvalue weighted by Crippen LogP contribution is -2.40. The molecular formula is C19H24N2O4. The predicted molar refractivity (Wildman–Crippen MR) is 91.5 cm³/mol. The fourth-order valence-electron chi connectivity index (χ4n) is 3.39. The normalized spacial score (nSPS) is 19.4. The Balaban J connectivity index is 1.58. The van der Waals surface area contributed by atoms with Gasteiger partial charge in [-0.25, -0.2) is 0 Å². The molecule has 1 atom stereocenters. The average Bonchev–Trinajstić information content (AvgIpc) is 3.25. The lowest BCUT2D eigenvalue weighted by molar-refractivity contribution is -0.140. The minimum Gasteiger partial charge on any atom is -0.360 e. The van der Waals surface area contributed by atoms with Gasteiger partial charge in [-0.1, -0.05) is 43.2 Å². The maximum Gasteiger partial charge on any atom is 0.253 e. The number of imide groups is 1. The van der Waals surface area contributed by atoms with Crippen LogP contribution in [0.1, 0.15) is 50.2 Å². The zero-order chi connectivity index (χ0) is 17.6. The van der Waals surface area contributed by atoms with E-state index in [4.69, 9.17) is 4.74 Å². The number of ether oxygens (including phenoxy) is 1. The van der Waals surface area contributed by atoms with E-state index in [1.165, 1.54) is 4.90 Å². The van der Waals surface area contributed by atoms with E-state index in [1.807, 2.05) is 30.3 Å². The lowest BCUT2D eigenvalue weighted by Gasteiger charge is -2.22. The molecule has 0 bridgehead atoms. The molecule has 0 aromatic heterocycles. The maximum atomic E-state index is 12.6. The van der Waals surface area contributed by atoms with Crippen LogP contribution in [-0.4, -0.2) is 41.8 Å². The molecule has 1 N–H and O–H groups in total. The van der Waals surface area contributed by atoms with Gasteiger partial charge in [-0.05, 0) is 18.4 Å². The molecule has 3 rings (SSSR count). The van der Waals surface area contributed by atoms with Gasteiger partial charge in [0.05, 0.1) is 6.10 Å². The first kappa shape index (κ1) is 17.6. The van der Waals surface area contributed by atoms with E-state index < -0.39 is 6.10 Å². The van der Waals surface area contributed by atoms with E-state index in [2.05, 4.69) is 5.32 Å². The van der Waals surface area contributed by atoms with Gasteiger partial charge in [0.15, 0.2) is 6.10 Å². The van der Waals surface area contributed by atoms with Crippen LogP contribution in [0.3, 0.4) is 0 Å². The third-order valence-electron chi connectivity index (χ3n) is 4.76. The molecule has 1 aromatic carbocycles. The summed E-state index contributed by atoms with van der Waals surface area (Å²) in [4.78, 5) is 37.1. The molecule has 6 nitrogen and oxygen atoms in total. The summed E-state index contributed by atoms with van der Waals surface area (Å²) in [6.45, 7) is 0.460. The topological polar surface area (TPSA) is 75.7 Å². The zero-order valence-corrected chi connectivity index (χ0v) is 14.3. The Kier molecular flexibility index (Phi) is 5.81. The van der Waals surface area contributed by atoms with Gasteiger partial charge < -0.3 is 10.1 Å². The zero-order valence-electron chi connectivity index (χ0n) is 14.3. The summed E-state index contributed by atoms with van der Waals surface area (Å²) in [5.41, 5.74) is 0.820. The molecule has 1 aliphatic heterocycles. The Bertz CT molecular complexity index is 610. The van der Waals surface area contributed by atoms with Crippen molar-refractivity contribution in [3.05, 3.63) is 35.9 Å². The van der Waals surface area contributed by atoms with Crippen LogP contribution >= 0.6 is 0 Å². The quantitative estimate of drug-likeness (QED) is 0.767. The van der Waals surface area contributed by atoms with Crippen LogP contribution < -0.4 is 5.32 Å². The molecule has 6 heteroatoms. The summed E-state index contributed by atoms with van der Waals surface area (Å²) in [5.74, 6) is -0.556. The summed E-state index contributed by atoms with van der Waals surface area (Å²) < 4.78 is 6.06. The Labute approximate surface area is 147 Å². The highest BCUT2D eigenvalue weighted by Gasteiger charge is 2.30. The first-order chi connectivity index (χ1) is 12.1. The largest absolute Gasteiger partial charge is 0.360 e. The van der Waals surface area contributed by atoms with Gasteiger partial charge in [-0.15, -0.1) is 0 Å². The van der Waals surface area contributed by atoms with E-state index >= 15 is 0 Å². The van der Waals surface area contributed by atoms with Crippen molar-refractivity contribution >= 4 is 17.7 Å². The highest BCUT2D eigenvalue weighted by molar-refractivity contribution is 6.01. The molecule has 2 fully saturated rings. The van der Waals surface area contributed by atoms with Crippen molar-refractivity contribution in [2.24, 2.45) is 0 Å². The predicted octanol–water partition coefficient (Wildman–Crippen LogP) is 1.95. The second-order valence-corrected chi connectivity index (χ2v) is 6.56. The van der Waals surface area contributed by atoms with E-state index in [1.54, 1.807) is 0 Å². The third-order valence-corrected chi connectivity index (χ3v) is 4.76. The first-order valence-electron chi connectivity index (χ1n) is 8.96. The van der Waals surface area contributed by atoms with Crippen molar-refractivity contribution in [2.45, 2.75) is 50.7 Å². The third kappa shape index (κ3) is 4.45. The van der Waals surface area contributed by atoms with Crippen LogP contribution in [0.4, 0.5) is 0 Å². The van der Waals surface area contributed by atoms with Crippen LogP contribution in [0.25, 0.3) is 0 Å². The Morgan fingerprint density at radius 3 is 2.40 bits per heavy atom. The van der Waals surface area contributed by atoms with Crippen molar-refractivity contribution in [2.75, 3.05) is 13.1 Å². The lowest BCUT2D eigenvalue weighted by atomic mass is 10.1. The molecule has 1 unspecified atom stereocenters. The monoisotopic (exact) mass is 344 g/mol. The molecule has 1 aromatic rings. The second-order valence-electron chi connectivity index (χ2n) is 6.56. The molecule has 0 spiro atoms.